The van der Waals surface area contributed by atoms with E-state index in [-0.39, 0.29) is 18.0 Å². The van der Waals surface area contributed by atoms with Crippen molar-refractivity contribution in [2.45, 2.75) is 18.5 Å². The molecule has 0 bridgehead atoms. The molecule has 2 atom stereocenters. The van der Waals surface area contributed by atoms with Crippen molar-refractivity contribution < 1.29 is 14.3 Å². The van der Waals surface area contributed by atoms with Crippen LogP contribution in [0.15, 0.2) is 48.5 Å². The average Bonchev–Trinajstić information content (AvgIpc) is 3.31. The number of ether oxygens (including phenoxy) is 2. The van der Waals surface area contributed by atoms with E-state index in [2.05, 4.69) is 21.8 Å². The first-order valence-corrected chi connectivity index (χ1v) is 11.0. The molecule has 0 aliphatic carbocycles. The largest absolute Gasteiger partial charge is 0.497 e. The molecule has 2 fully saturated rings. The Kier molecular flexibility index (Phi) is 7.29. The van der Waals surface area contributed by atoms with E-state index in [9.17, 15) is 4.79 Å². The predicted molar refractivity (Wildman–Crippen MR) is 120 cm³/mol. The first kappa shape index (κ1) is 21.9. The smallest absolute Gasteiger partial charge is 0.241 e. The Hall–Kier alpha value is -2.32. The number of nitrogens with zero attached hydrogens (tertiary/aromatic N) is 2. The van der Waals surface area contributed by atoms with Gasteiger partial charge in [0.2, 0.25) is 5.91 Å². The van der Waals surface area contributed by atoms with Gasteiger partial charge in [0.25, 0.3) is 0 Å². The van der Waals surface area contributed by atoms with Crippen LogP contribution in [0.3, 0.4) is 0 Å². The Morgan fingerprint density at radius 2 is 1.84 bits per heavy atom. The molecule has 2 unspecified atom stereocenters. The fourth-order valence-electron chi connectivity index (χ4n) is 4.03. The van der Waals surface area contributed by atoms with E-state index in [1.165, 1.54) is 0 Å². The number of rotatable bonds is 7. The summed E-state index contributed by atoms with van der Waals surface area (Å²) in [5.74, 6) is 1.81. The van der Waals surface area contributed by atoms with Gasteiger partial charge in [-0.2, -0.15) is 0 Å². The molecular weight excluding hydrogens is 416 g/mol. The average molecular weight is 445 g/mol. The molecule has 2 N–H and O–H groups in total. The Morgan fingerprint density at radius 3 is 2.58 bits per heavy atom. The highest BCUT2D eigenvalue weighted by atomic mass is 35.5. The molecule has 2 heterocycles. The molecular formula is C23H29ClN4O3. The van der Waals surface area contributed by atoms with Crippen molar-refractivity contribution in [3.05, 3.63) is 59.1 Å². The number of hydrogen-bond acceptors (Lipinski definition) is 6. The maximum Gasteiger partial charge on any atom is 0.241 e. The molecule has 7 nitrogen and oxygen atoms in total. The summed E-state index contributed by atoms with van der Waals surface area (Å²) < 4.78 is 11.1. The van der Waals surface area contributed by atoms with Crippen LogP contribution in [0.5, 0.6) is 11.5 Å². The minimum absolute atomic E-state index is 0.0929. The highest BCUT2D eigenvalue weighted by Crippen LogP contribution is 2.26. The summed E-state index contributed by atoms with van der Waals surface area (Å²) in [7, 11) is 1.66. The van der Waals surface area contributed by atoms with Gasteiger partial charge in [-0.05, 0) is 48.4 Å². The quantitative estimate of drug-likeness (QED) is 0.684. The Bertz CT molecular complexity index is 871. The Balaban J connectivity index is 1.20. The first-order chi connectivity index (χ1) is 15.1. The van der Waals surface area contributed by atoms with Gasteiger partial charge in [0.15, 0.2) is 0 Å². The van der Waals surface area contributed by atoms with Crippen LogP contribution in [0.1, 0.15) is 18.0 Å². The third-order valence-corrected chi connectivity index (χ3v) is 6.12. The van der Waals surface area contributed by atoms with Crippen LogP contribution in [0.4, 0.5) is 0 Å². The number of hydrogen-bond donors (Lipinski definition) is 2. The zero-order chi connectivity index (χ0) is 21.6. The van der Waals surface area contributed by atoms with E-state index in [1.807, 2.05) is 47.4 Å². The van der Waals surface area contributed by atoms with Crippen LogP contribution in [0.25, 0.3) is 0 Å². The van der Waals surface area contributed by atoms with Gasteiger partial charge in [-0.3, -0.25) is 9.69 Å². The molecule has 2 aliphatic heterocycles. The van der Waals surface area contributed by atoms with Crippen molar-refractivity contribution in [2.24, 2.45) is 0 Å². The molecule has 31 heavy (non-hydrogen) atoms. The lowest BCUT2D eigenvalue weighted by atomic mass is 10.0. The molecule has 1 amide bonds. The van der Waals surface area contributed by atoms with Crippen molar-refractivity contribution in [2.75, 3.05) is 46.4 Å². The molecule has 2 aromatic rings. The maximum absolute atomic E-state index is 13.0. The van der Waals surface area contributed by atoms with E-state index in [1.54, 1.807) is 7.11 Å². The van der Waals surface area contributed by atoms with Crippen molar-refractivity contribution in [3.63, 3.8) is 0 Å². The summed E-state index contributed by atoms with van der Waals surface area (Å²) in [6, 6.07) is 15.2. The monoisotopic (exact) mass is 444 g/mol. The van der Waals surface area contributed by atoms with Gasteiger partial charge < -0.3 is 14.4 Å². The summed E-state index contributed by atoms with van der Waals surface area (Å²) in [5.41, 5.74) is 7.56. The molecule has 2 aromatic carbocycles. The van der Waals surface area contributed by atoms with Crippen molar-refractivity contribution in [1.29, 1.82) is 0 Å². The number of hydrazine groups is 1. The van der Waals surface area contributed by atoms with Crippen molar-refractivity contribution in [3.8, 4) is 11.5 Å². The zero-order valence-corrected chi connectivity index (χ0v) is 18.5. The summed E-state index contributed by atoms with van der Waals surface area (Å²) >= 11 is 5.90. The van der Waals surface area contributed by atoms with Crippen LogP contribution >= 0.6 is 11.6 Å². The van der Waals surface area contributed by atoms with Crippen LogP contribution < -0.4 is 20.3 Å². The van der Waals surface area contributed by atoms with Crippen molar-refractivity contribution >= 4 is 17.5 Å². The number of carbonyl (C=O) groups is 1. The minimum atomic E-state index is -0.212. The number of nitrogens with one attached hydrogen (secondary N) is 2. The van der Waals surface area contributed by atoms with Crippen LogP contribution in [-0.2, 0) is 4.79 Å². The van der Waals surface area contributed by atoms with Crippen LogP contribution in [0, 0.1) is 0 Å². The van der Waals surface area contributed by atoms with Crippen molar-refractivity contribution in [1.82, 2.24) is 20.7 Å². The lowest BCUT2D eigenvalue weighted by Gasteiger charge is -2.35. The highest BCUT2D eigenvalue weighted by Gasteiger charge is 2.34. The highest BCUT2D eigenvalue weighted by molar-refractivity contribution is 6.30. The van der Waals surface area contributed by atoms with Gasteiger partial charge in [0.05, 0.1) is 7.11 Å². The molecule has 166 valence electrons. The normalized spacial score (nSPS) is 21.8. The zero-order valence-electron chi connectivity index (χ0n) is 17.7. The molecule has 8 heteroatoms. The van der Waals surface area contributed by atoms with Crippen LogP contribution in [-0.4, -0.2) is 68.2 Å². The summed E-state index contributed by atoms with van der Waals surface area (Å²) in [6.07, 6.45) is 0.723. The number of carbonyl (C=O) groups excluding carboxylic acids is 1. The van der Waals surface area contributed by atoms with Gasteiger partial charge in [-0.1, -0.05) is 23.7 Å². The fraction of sp³-hybridized carbons (Fsp3) is 0.435. The van der Waals surface area contributed by atoms with E-state index in [4.69, 9.17) is 21.1 Å². The SMILES string of the molecule is COc1cccc(C2CC(C(=O)N3CCN(CCOc4ccc(Cl)cc4)CC3)NN2)c1. The van der Waals surface area contributed by atoms with Gasteiger partial charge in [-0.15, -0.1) is 0 Å². The second-order valence-electron chi connectivity index (χ2n) is 7.88. The number of halogens is 1. The third-order valence-electron chi connectivity index (χ3n) is 5.87. The molecule has 4 rings (SSSR count). The number of benzene rings is 2. The van der Waals surface area contributed by atoms with Gasteiger partial charge in [0, 0.05) is 43.8 Å². The van der Waals surface area contributed by atoms with Gasteiger partial charge in [0.1, 0.15) is 24.1 Å². The van der Waals surface area contributed by atoms with E-state index in [0.717, 1.165) is 56.2 Å². The summed E-state index contributed by atoms with van der Waals surface area (Å²) in [5, 5.41) is 0.704. The van der Waals surface area contributed by atoms with Gasteiger partial charge >= 0.3 is 0 Å². The minimum Gasteiger partial charge on any atom is -0.497 e. The Labute approximate surface area is 188 Å². The molecule has 0 aromatic heterocycles. The lowest BCUT2D eigenvalue weighted by molar-refractivity contribution is -0.135. The lowest BCUT2D eigenvalue weighted by Crippen LogP contribution is -2.54. The first-order valence-electron chi connectivity index (χ1n) is 10.7. The van der Waals surface area contributed by atoms with Gasteiger partial charge in [-0.25, -0.2) is 10.9 Å². The molecule has 0 spiro atoms. The van der Waals surface area contributed by atoms with E-state index < -0.39 is 0 Å². The maximum atomic E-state index is 13.0. The molecule has 2 aliphatic rings. The summed E-state index contributed by atoms with van der Waals surface area (Å²) in [4.78, 5) is 17.3. The standard InChI is InChI=1S/C23H29ClN4O3/c1-30-20-4-2-3-17(15-20)21-16-22(26-25-21)23(29)28-11-9-27(10-12-28)13-14-31-19-7-5-18(24)6-8-19/h2-8,15,21-22,25-26H,9-14,16H2,1H3. The number of piperazine rings is 1. The second-order valence-corrected chi connectivity index (χ2v) is 8.31. The predicted octanol–water partition coefficient (Wildman–Crippen LogP) is 2.48. The van der Waals surface area contributed by atoms with E-state index in [0.29, 0.717) is 11.6 Å². The van der Waals surface area contributed by atoms with Crippen LogP contribution in [0.2, 0.25) is 5.02 Å². The molecule has 0 radical (unpaired) electrons. The fourth-order valence-corrected chi connectivity index (χ4v) is 4.16. The Morgan fingerprint density at radius 1 is 1.06 bits per heavy atom. The molecule has 0 saturated carbocycles. The second kappa shape index (κ2) is 10.3. The topological polar surface area (TPSA) is 66.1 Å². The van der Waals surface area contributed by atoms with E-state index >= 15 is 0 Å². The number of amides is 1. The molecule has 2 saturated heterocycles. The summed E-state index contributed by atoms with van der Waals surface area (Å²) in [6.45, 7) is 4.64. The third kappa shape index (κ3) is 5.68. The number of methoxy groups -OCH3 is 1.